The van der Waals surface area contributed by atoms with Crippen LogP contribution in [-0.2, 0) is 4.84 Å². The van der Waals surface area contributed by atoms with Gasteiger partial charge in [-0.1, -0.05) is 22.3 Å². The minimum Gasteiger partial charge on any atom is -0.364 e. The summed E-state index contributed by atoms with van der Waals surface area (Å²) in [5, 5.41) is 5.60. The van der Waals surface area contributed by atoms with Crippen molar-refractivity contribution in [1.82, 2.24) is 5.01 Å². The Morgan fingerprint density at radius 3 is 2.19 bits per heavy atom. The average Bonchev–Trinajstić information content (AvgIpc) is 2.40. The molecule has 1 heterocycles. The van der Waals surface area contributed by atoms with Gasteiger partial charge >= 0.3 is 0 Å². The molecule has 0 fully saturated rings. The lowest BCUT2D eigenvalue weighted by molar-refractivity contribution is -0.0691. The maximum absolute atomic E-state index is 5.97. The highest BCUT2D eigenvalue weighted by molar-refractivity contribution is 5.99. The summed E-state index contributed by atoms with van der Waals surface area (Å²) in [6.07, 6.45) is 0. The van der Waals surface area contributed by atoms with Crippen LogP contribution < -0.4 is 5.84 Å². The Balaban J connectivity index is 2.40. The second-order valence-corrected chi connectivity index (χ2v) is 4.70. The van der Waals surface area contributed by atoms with Crippen LogP contribution in [-0.4, -0.2) is 16.6 Å². The van der Waals surface area contributed by atoms with Crippen LogP contribution in [0.1, 0.15) is 30.5 Å². The minimum atomic E-state index is -0.576. The molecule has 4 nitrogen and oxygen atoms in total. The second-order valence-electron chi connectivity index (χ2n) is 4.70. The van der Waals surface area contributed by atoms with E-state index in [1.54, 1.807) is 5.01 Å². The fourth-order valence-electron chi connectivity index (χ4n) is 1.79. The van der Waals surface area contributed by atoms with Crippen molar-refractivity contribution in [2.45, 2.75) is 33.4 Å². The largest absolute Gasteiger partial charge is 0.364 e. The summed E-state index contributed by atoms with van der Waals surface area (Å²) in [6, 6.07) is 6.22. The highest BCUT2D eigenvalue weighted by Crippen LogP contribution is 2.24. The fraction of sp³-hybridized carbons (Fsp3) is 0.417. The average molecular weight is 219 g/mol. The summed E-state index contributed by atoms with van der Waals surface area (Å²) in [6.45, 7) is 7.87. The van der Waals surface area contributed by atoms with Crippen LogP contribution in [0.4, 0.5) is 0 Å². The number of oxime groups is 1. The first kappa shape index (κ1) is 11.0. The Labute approximate surface area is 95.6 Å². The molecule has 0 amide bonds. The molecule has 2 rings (SSSR count). The molecule has 1 aliphatic heterocycles. The van der Waals surface area contributed by atoms with Crippen molar-refractivity contribution >= 4 is 5.84 Å². The summed E-state index contributed by atoms with van der Waals surface area (Å²) >= 11 is 0. The Bertz CT molecular complexity index is 431. The fourth-order valence-corrected chi connectivity index (χ4v) is 1.79. The zero-order valence-corrected chi connectivity index (χ0v) is 10.1. The number of hydrazine groups is 1. The molecule has 0 atom stereocenters. The third-order valence-corrected chi connectivity index (χ3v) is 2.64. The monoisotopic (exact) mass is 219 g/mol. The van der Waals surface area contributed by atoms with Gasteiger partial charge in [0.1, 0.15) is 0 Å². The lowest BCUT2D eigenvalue weighted by Gasteiger charge is -2.26. The molecule has 86 valence electrons. The molecule has 0 saturated carbocycles. The zero-order valence-electron chi connectivity index (χ0n) is 10.1. The molecule has 0 aromatic heterocycles. The maximum atomic E-state index is 5.97. The first-order valence-corrected chi connectivity index (χ1v) is 5.30. The number of nitrogens with zero attached hydrogens (tertiary/aromatic N) is 2. The van der Waals surface area contributed by atoms with Crippen LogP contribution in [0, 0.1) is 13.8 Å². The highest BCUT2D eigenvalue weighted by atomic mass is 16.7. The smallest absolute Gasteiger partial charge is 0.218 e. The third kappa shape index (κ3) is 1.76. The van der Waals surface area contributed by atoms with E-state index < -0.39 is 5.72 Å². The van der Waals surface area contributed by atoms with E-state index in [9.17, 15) is 0 Å². The highest BCUT2D eigenvalue weighted by Gasteiger charge is 2.36. The number of hydrogen-bond donors (Lipinski definition) is 1. The van der Waals surface area contributed by atoms with Crippen molar-refractivity contribution in [3.05, 3.63) is 34.9 Å². The van der Waals surface area contributed by atoms with Crippen LogP contribution in [0.25, 0.3) is 0 Å². The standard InChI is InChI=1S/C12H17N3O/c1-8-5-9(2)7-10(6-8)11-14-16-12(3,4)15(11)13/h5-7H,13H2,1-4H3. The summed E-state index contributed by atoms with van der Waals surface area (Å²) in [5.74, 6) is 6.64. The molecule has 4 heteroatoms. The molecular weight excluding hydrogens is 202 g/mol. The summed E-state index contributed by atoms with van der Waals surface area (Å²) in [7, 11) is 0. The van der Waals surface area contributed by atoms with E-state index in [0.29, 0.717) is 5.84 Å². The molecule has 0 saturated heterocycles. The van der Waals surface area contributed by atoms with Gasteiger partial charge in [-0.2, -0.15) is 0 Å². The molecule has 2 N–H and O–H groups in total. The number of nitrogens with two attached hydrogens (primary N) is 1. The van der Waals surface area contributed by atoms with Crippen molar-refractivity contribution in [1.29, 1.82) is 0 Å². The predicted octanol–water partition coefficient (Wildman–Crippen LogP) is 1.91. The number of hydrogen-bond acceptors (Lipinski definition) is 4. The van der Waals surface area contributed by atoms with Crippen molar-refractivity contribution in [2.24, 2.45) is 11.0 Å². The van der Waals surface area contributed by atoms with Gasteiger partial charge in [0.2, 0.25) is 5.72 Å². The van der Waals surface area contributed by atoms with Gasteiger partial charge in [0.25, 0.3) is 0 Å². The van der Waals surface area contributed by atoms with E-state index in [2.05, 4.69) is 37.2 Å². The van der Waals surface area contributed by atoms with Gasteiger partial charge in [0, 0.05) is 5.56 Å². The summed E-state index contributed by atoms with van der Waals surface area (Å²) in [5.41, 5.74) is 2.80. The van der Waals surface area contributed by atoms with Crippen molar-refractivity contribution in [3.63, 3.8) is 0 Å². The quantitative estimate of drug-likeness (QED) is 0.734. The second kappa shape index (κ2) is 3.49. The maximum Gasteiger partial charge on any atom is 0.218 e. The lowest BCUT2D eigenvalue weighted by Crippen LogP contribution is -2.49. The van der Waals surface area contributed by atoms with Gasteiger partial charge in [-0.15, -0.1) is 0 Å². The van der Waals surface area contributed by atoms with Crippen LogP contribution in [0.2, 0.25) is 0 Å². The van der Waals surface area contributed by atoms with Gasteiger partial charge in [0.15, 0.2) is 5.84 Å². The molecule has 1 aliphatic rings. The Hall–Kier alpha value is -1.55. The third-order valence-electron chi connectivity index (χ3n) is 2.64. The van der Waals surface area contributed by atoms with Crippen LogP contribution in [0.5, 0.6) is 0 Å². The van der Waals surface area contributed by atoms with E-state index in [1.807, 2.05) is 13.8 Å². The predicted molar refractivity (Wildman–Crippen MR) is 63.6 cm³/mol. The Kier molecular flexibility index (Phi) is 2.39. The zero-order chi connectivity index (χ0) is 11.9. The van der Waals surface area contributed by atoms with Gasteiger partial charge < -0.3 is 4.84 Å². The molecule has 0 unspecified atom stereocenters. The van der Waals surface area contributed by atoms with Crippen molar-refractivity contribution in [3.8, 4) is 0 Å². The summed E-state index contributed by atoms with van der Waals surface area (Å²) < 4.78 is 0. The molecular formula is C12H17N3O. The van der Waals surface area contributed by atoms with Crippen molar-refractivity contribution in [2.75, 3.05) is 0 Å². The van der Waals surface area contributed by atoms with E-state index in [1.165, 1.54) is 11.1 Å². The van der Waals surface area contributed by atoms with E-state index >= 15 is 0 Å². The van der Waals surface area contributed by atoms with Crippen LogP contribution in [0.3, 0.4) is 0 Å². The van der Waals surface area contributed by atoms with E-state index in [0.717, 1.165) is 5.56 Å². The molecule has 16 heavy (non-hydrogen) atoms. The Morgan fingerprint density at radius 1 is 1.19 bits per heavy atom. The molecule has 0 aliphatic carbocycles. The van der Waals surface area contributed by atoms with Gasteiger partial charge in [-0.25, -0.2) is 10.9 Å². The van der Waals surface area contributed by atoms with Gasteiger partial charge in [-0.3, -0.25) is 0 Å². The van der Waals surface area contributed by atoms with Gasteiger partial charge in [0.05, 0.1) is 0 Å². The molecule has 1 aromatic rings. The minimum absolute atomic E-state index is 0.576. The number of amidine groups is 1. The molecule has 0 spiro atoms. The number of benzene rings is 1. The topological polar surface area (TPSA) is 50.8 Å². The normalized spacial score (nSPS) is 18.3. The Morgan fingerprint density at radius 2 is 1.75 bits per heavy atom. The first-order valence-electron chi connectivity index (χ1n) is 5.30. The van der Waals surface area contributed by atoms with Crippen LogP contribution >= 0.6 is 0 Å². The van der Waals surface area contributed by atoms with E-state index in [-0.39, 0.29) is 0 Å². The van der Waals surface area contributed by atoms with Crippen LogP contribution in [0.15, 0.2) is 23.4 Å². The molecule has 1 aromatic carbocycles. The number of aryl methyl sites for hydroxylation is 2. The van der Waals surface area contributed by atoms with Crippen molar-refractivity contribution < 1.29 is 4.84 Å². The summed E-state index contributed by atoms with van der Waals surface area (Å²) in [4.78, 5) is 5.29. The number of rotatable bonds is 1. The SMILES string of the molecule is Cc1cc(C)cc(C2=NOC(C)(C)N2N)c1. The van der Waals surface area contributed by atoms with E-state index in [4.69, 9.17) is 10.7 Å². The molecule has 0 radical (unpaired) electrons. The first-order chi connectivity index (χ1) is 7.40. The van der Waals surface area contributed by atoms with Gasteiger partial charge in [-0.05, 0) is 39.8 Å². The lowest BCUT2D eigenvalue weighted by atomic mass is 10.1. The molecule has 0 bridgehead atoms.